The van der Waals surface area contributed by atoms with Gasteiger partial charge in [0.05, 0.1) is 7.11 Å². The van der Waals surface area contributed by atoms with Gasteiger partial charge >= 0.3 is 6.18 Å². The van der Waals surface area contributed by atoms with Gasteiger partial charge < -0.3 is 9.47 Å². The molecule has 3 nitrogen and oxygen atoms in total. The summed E-state index contributed by atoms with van der Waals surface area (Å²) in [6, 6.07) is 3.35. The molecule has 0 aliphatic carbocycles. The second kappa shape index (κ2) is 5.81. The highest BCUT2D eigenvalue weighted by molar-refractivity contribution is 5.97. The number of ether oxygens (including phenoxy) is 2. The van der Waals surface area contributed by atoms with Gasteiger partial charge in [-0.3, -0.25) is 4.79 Å². The maximum absolute atomic E-state index is 13.2. The summed E-state index contributed by atoms with van der Waals surface area (Å²) in [5.74, 6) is -1.55. The number of carbonyl (C=O) groups is 1. The zero-order chi connectivity index (χ0) is 13.8. The first kappa shape index (κ1) is 14.4. The molecule has 0 fully saturated rings. The summed E-state index contributed by atoms with van der Waals surface area (Å²) in [4.78, 5) is 11.4. The van der Waals surface area contributed by atoms with Gasteiger partial charge in [-0.25, -0.2) is 4.39 Å². The van der Waals surface area contributed by atoms with Crippen molar-refractivity contribution in [2.75, 3.05) is 20.3 Å². The zero-order valence-electron chi connectivity index (χ0n) is 9.38. The molecule has 18 heavy (non-hydrogen) atoms. The van der Waals surface area contributed by atoms with Crippen molar-refractivity contribution in [2.45, 2.75) is 6.18 Å². The molecule has 0 aliphatic rings. The Morgan fingerprint density at radius 3 is 2.50 bits per heavy atom. The van der Waals surface area contributed by atoms with Gasteiger partial charge in [0.15, 0.2) is 17.3 Å². The van der Waals surface area contributed by atoms with E-state index in [1.54, 1.807) is 0 Å². The van der Waals surface area contributed by atoms with Gasteiger partial charge in [-0.05, 0) is 18.2 Å². The van der Waals surface area contributed by atoms with Gasteiger partial charge in [0.2, 0.25) is 0 Å². The van der Waals surface area contributed by atoms with Crippen molar-refractivity contribution in [2.24, 2.45) is 0 Å². The lowest BCUT2D eigenvalue weighted by molar-refractivity contribution is -0.170. The smallest absolute Gasteiger partial charge is 0.411 e. The molecule has 100 valence electrons. The van der Waals surface area contributed by atoms with Crippen molar-refractivity contribution in [3.8, 4) is 5.75 Å². The van der Waals surface area contributed by atoms with Crippen LogP contribution < -0.4 is 4.74 Å². The molecule has 1 rings (SSSR count). The van der Waals surface area contributed by atoms with Gasteiger partial charge in [-0.2, -0.15) is 13.2 Å². The average molecular weight is 266 g/mol. The third kappa shape index (κ3) is 4.33. The molecule has 0 saturated carbocycles. The molecule has 0 radical (unpaired) electrons. The molecule has 0 amide bonds. The first-order valence-electron chi connectivity index (χ1n) is 4.84. The highest BCUT2D eigenvalue weighted by Gasteiger charge is 2.27. The van der Waals surface area contributed by atoms with Gasteiger partial charge in [0.1, 0.15) is 13.2 Å². The second-order valence-corrected chi connectivity index (χ2v) is 3.38. The number of ketones is 1. The standard InChI is InChI=1S/C11H10F4O3/c1-17-10-3-2-7(4-8(10)12)9(16)5-18-6-11(13,14)15/h2-4H,5-6H2,1H3. The quantitative estimate of drug-likeness (QED) is 0.607. The Hall–Kier alpha value is -1.63. The molecular weight excluding hydrogens is 256 g/mol. The van der Waals surface area contributed by atoms with E-state index >= 15 is 0 Å². The maximum Gasteiger partial charge on any atom is 0.411 e. The topological polar surface area (TPSA) is 35.5 Å². The van der Waals surface area contributed by atoms with Crippen LogP contribution in [0.15, 0.2) is 18.2 Å². The molecule has 0 atom stereocenters. The highest BCUT2D eigenvalue weighted by Crippen LogP contribution is 2.18. The van der Waals surface area contributed by atoms with Crippen molar-refractivity contribution in [1.82, 2.24) is 0 Å². The van der Waals surface area contributed by atoms with Crippen molar-refractivity contribution in [3.63, 3.8) is 0 Å². The van der Waals surface area contributed by atoms with Crippen LogP contribution >= 0.6 is 0 Å². The molecule has 0 bridgehead atoms. The summed E-state index contributed by atoms with van der Waals surface area (Å²) < 4.78 is 57.3. The zero-order valence-corrected chi connectivity index (χ0v) is 9.38. The third-order valence-electron chi connectivity index (χ3n) is 1.97. The predicted molar refractivity (Wildman–Crippen MR) is 54.2 cm³/mol. The van der Waals surface area contributed by atoms with Crippen LogP contribution in [0.5, 0.6) is 5.75 Å². The van der Waals surface area contributed by atoms with Crippen LogP contribution in [0, 0.1) is 5.82 Å². The predicted octanol–water partition coefficient (Wildman–Crippen LogP) is 2.60. The van der Waals surface area contributed by atoms with Crippen molar-refractivity contribution >= 4 is 5.78 Å². The third-order valence-corrected chi connectivity index (χ3v) is 1.97. The first-order valence-corrected chi connectivity index (χ1v) is 4.84. The van der Waals surface area contributed by atoms with Crippen molar-refractivity contribution in [3.05, 3.63) is 29.6 Å². The molecule has 1 aromatic carbocycles. The molecule has 7 heteroatoms. The molecule has 0 aliphatic heterocycles. The average Bonchev–Trinajstić information content (AvgIpc) is 2.27. The number of Topliss-reactive ketones (excluding diaryl/α,β-unsaturated/α-hetero) is 1. The monoisotopic (exact) mass is 266 g/mol. The normalized spacial score (nSPS) is 11.4. The fraction of sp³-hybridized carbons (Fsp3) is 0.364. The van der Waals surface area contributed by atoms with E-state index in [9.17, 15) is 22.4 Å². The van der Waals surface area contributed by atoms with E-state index in [2.05, 4.69) is 9.47 Å². The molecule has 0 aromatic heterocycles. The van der Waals surface area contributed by atoms with Crippen LogP contribution in [-0.4, -0.2) is 32.3 Å². The number of alkyl halides is 3. The molecular formula is C11H10F4O3. The molecule has 1 aromatic rings. The number of hydrogen-bond donors (Lipinski definition) is 0. The number of carbonyl (C=O) groups excluding carboxylic acids is 1. The number of rotatable bonds is 5. The lowest BCUT2D eigenvalue weighted by Crippen LogP contribution is -2.20. The lowest BCUT2D eigenvalue weighted by Gasteiger charge is -2.07. The Morgan fingerprint density at radius 1 is 1.33 bits per heavy atom. The molecule has 0 spiro atoms. The number of methoxy groups -OCH3 is 1. The first-order chi connectivity index (χ1) is 8.33. The summed E-state index contributed by atoms with van der Waals surface area (Å²) in [6.45, 7) is -2.28. The molecule has 0 heterocycles. The minimum atomic E-state index is -4.49. The van der Waals surface area contributed by atoms with Gasteiger partial charge in [-0.1, -0.05) is 0 Å². The Morgan fingerprint density at radius 2 is 2.00 bits per heavy atom. The van der Waals surface area contributed by atoms with Crippen LogP contribution in [0.4, 0.5) is 17.6 Å². The summed E-state index contributed by atoms with van der Waals surface area (Å²) in [5, 5.41) is 0. The fourth-order valence-electron chi connectivity index (χ4n) is 1.18. The number of halogens is 4. The summed E-state index contributed by atoms with van der Waals surface area (Å²) in [5.41, 5.74) is -0.0736. The van der Waals surface area contributed by atoms with E-state index in [4.69, 9.17) is 0 Å². The minimum absolute atomic E-state index is 0.0530. The van der Waals surface area contributed by atoms with Gasteiger partial charge in [0, 0.05) is 5.56 Å². The van der Waals surface area contributed by atoms with Gasteiger partial charge in [-0.15, -0.1) is 0 Å². The van der Waals surface area contributed by atoms with Crippen LogP contribution in [0.2, 0.25) is 0 Å². The Labute approximate surface area is 100 Å². The van der Waals surface area contributed by atoms with E-state index in [1.165, 1.54) is 19.2 Å². The minimum Gasteiger partial charge on any atom is -0.494 e. The highest BCUT2D eigenvalue weighted by atomic mass is 19.4. The number of benzene rings is 1. The Kier molecular flexibility index (Phi) is 4.66. The summed E-state index contributed by atoms with van der Waals surface area (Å²) in [6.07, 6.45) is -4.49. The van der Waals surface area contributed by atoms with Gasteiger partial charge in [0.25, 0.3) is 0 Å². The second-order valence-electron chi connectivity index (χ2n) is 3.38. The molecule has 0 unspecified atom stereocenters. The SMILES string of the molecule is COc1ccc(C(=O)COCC(F)(F)F)cc1F. The van der Waals surface area contributed by atoms with E-state index in [1.807, 2.05) is 0 Å². The fourth-order valence-corrected chi connectivity index (χ4v) is 1.18. The van der Waals surface area contributed by atoms with Crippen LogP contribution in [0.25, 0.3) is 0 Å². The van der Waals surface area contributed by atoms with Crippen molar-refractivity contribution in [1.29, 1.82) is 0 Å². The van der Waals surface area contributed by atoms with Crippen LogP contribution in [0.3, 0.4) is 0 Å². The van der Waals surface area contributed by atoms with E-state index in [0.29, 0.717) is 0 Å². The van der Waals surface area contributed by atoms with E-state index in [-0.39, 0.29) is 11.3 Å². The Bertz CT molecular complexity index is 429. The molecule has 0 saturated heterocycles. The maximum atomic E-state index is 13.2. The van der Waals surface area contributed by atoms with E-state index < -0.39 is 31.0 Å². The number of hydrogen-bond acceptors (Lipinski definition) is 3. The molecule has 0 N–H and O–H groups in total. The summed E-state index contributed by atoms with van der Waals surface area (Å²) in [7, 11) is 1.26. The Balaban J connectivity index is 2.59. The van der Waals surface area contributed by atoms with Crippen molar-refractivity contribution < 1.29 is 31.8 Å². The summed E-state index contributed by atoms with van der Waals surface area (Å²) >= 11 is 0. The largest absolute Gasteiger partial charge is 0.494 e. The van der Waals surface area contributed by atoms with Crippen LogP contribution in [-0.2, 0) is 4.74 Å². The van der Waals surface area contributed by atoms with E-state index in [0.717, 1.165) is 6.07 Å². The lowest BCUT2D eigenvalue weighted by atomic mass is 10.1. The van der Waals surface area contributed by atoms with Crippen LogP contribution in [0.1, 0.15) is 10.4 Å².